The quantitative estimate of drug-likeness (QED) is 0.229. The second-order valence-corrected chi connectivity index (χ2v) is 8.16. The fourth-order valence-electron chi connectivity index (χ4n) is 4.03. The second kappa shape index (κ2) is 11.4. The van der Waals surface area contributed by atoms with Crippen LogP contribution in [0, 0.1) is 0 Å². The van der Waals surface area contributed by atoms with Gasteiger partial charge in [-0.1, -0.05) is 30.3 Å². The van der Waals surface area contributed by atoms with Crippen molar-refractivity contribution in [3.8, 4) is 34.1 Å². The van der Waals surface area contributed by atoms with Gasteiger partial charge >= 0.3 is 5.97 Å². The van der Waals surface area contributed by atoms with Crippen molar-refractivity contribution in [2.45, 2.75) is 26.2 Å². The maximum atomic E-state index is 11.6. The zero-order chi connectivity index (χ0) is 24.6. The number of hydrogen-bond acceptors (Lipinski definition) is 5. The molecular formula is C30H30O5. The molecule has 0 saturated carbocycles. The van der Waals surface area contributed by atoms with Crippen LogP contribution in [-0.2, 0) is 16.0 Å². The SMILES string of the molecule is CCOC(=O)CCCc1ccc(Oc2c(-c3ccc(OC)cc3)ccc3cc(OC)ccc23)cc1. The van der Waals surface area contributed by atoms with Crippen LogP contribution in [0.1, 0.15) is 25.3 Å². The summed E-state index contributed by atoms with van der Waals surface area (Å²) in [7, 11) is 3.33. The van der Waals surface area contributed by atoms with E-state index in [0.717, 1.165) is 63.3 Å². The van der Waals surface area contributed by atoms with Crippen LogP contribution in [0.25, 0.3) is 21.9 Å². The topological polar surface area (TPSA) is 54.0 Å². The average molecular weight is 471 g/mol. The Labute approximate surface area is 206 Å². The van der Waals surface area contributed by atoms with Gasteiger partial charge in [0.15, 0.2) is 0 Å². The standard InChI is InChI=1S/C30H30O5/c1-4-34-29(31)7-5-6-21-8-13-25(14-9-21)35-30-27(22-10-15-24(32-2)16-11-22)18-12-23-20-26(33-3)17-19-28(23)30/h8-20H,4-7H2,1-3H3. The van der Waals surface area contributed by atoms with Crippen molar-refractivity contribution in [2.24, 2.45) is 0 Å². The van der Waals surface area contributed by atoms with Gasteiger partial charge in [-0.05, 0) is 84.8 Å². The number of rotatable bonds is 10. The Morgan fingerprint density at radius 3 is 2.14 bits per heavy atom. The van der Waals surface area contributed by atoms with Crippen LogP contribution in [0.2, 0.25) is 0 Å². The molecular weight excluding hydrogens is 440 g/mol. The molecule has 0 heterocycles. The maximum Gasteiger partial charge on any atom is 0.305 e. The van der Waals surface area contributed by atoms with E-state index in [0.29, 0.717) is 13.0 Å². The van der Waals surface area contributed by atoms with Gasteiger partial charge in [0.1, 0.15) is 23.0 Å². The van der Waals surface area contributed by atoms with Crippen LogP contribution >= 0.6 is 0 Å². The van der Waals surface area contributed by atoms with E-state index in [1.165, 1.54) is 0 Å². The van der Waals surface area contributed by atoms with E-state index in [4.69, 9.17) is 18.9 Å². The van der Waals surface area contributed by atoms with E-state index in [9.17, 15) is 4.79 Å². The summed E-state index contributed by atoms with van der Waals surface area (Å²) in [5.41, 5.74) is 3.18. The van der Waals surface area contributed by atoms with Crippen LogP contribution in [0.4, 0.5) is 0 Å². The number of esters is 1. The number of carbonyl (C=O) groups excluding carboxylic acids is 1. The second-order valence-electron chi connectivity index (χ2n) is 8.16. The van der Waals surface area contributed by atoms with Crippen molar-refractivity contribution >= 4 is 16.7 Å². The molecule has 0 fully saturated rings. The number of hydrogen-bond donors (Lipinski definition) is 0. The minimum Gasteiger partial charge on any atom is -0.497 e. The minimum atomic E-state index is -0.147. The van der Waals surface area contributed by atoms with Crippen molar-refractivity contribution in [3.63, 3.8) is 0 Å². The fraction of sp³-hybridized carbons (Fsp3) is 0.233. The molecule has 5 nitrogen and oxygen atoms in total. The maximum absolute atomic E-state index is 11.6. The number of carbonyl (C=O) groups is 1. The highest BCUT2D eigenvalue weighted by molar-refractivity contribution is 5.96. The van der Waals surface area contributed by atoms with Crippen molar-refractivity contribution < 1.29 is 23.7 Å². The third-order valence-corrected chi connectivity index (χ3v) is 5.87. The summed E-state index contributed by atoms with van der Waals surface area (Å²) in [6, 6.07) is 26.1. The van der Waals surface area contributed by atoms with Gasteiger partial charge in [-0.25, -0.2) is 0 Å². The number of aryl methyl sites for hydroxylation is 1. The molecule has 0 N–H and O–H groups in total. The Balaban J connectivity index is 1.61. The third-order valence-electron chi connectivity index (χ3n) is 5.87. The number of benzene rings is 4. The number of methoxy groups -OCH3 is 2. The van der Waals surface area contributed by atoms with E-state index in [1.54, 1.807) is 14.2 Å². The molecule has 5 heteroatoms. The van der Waals surface area contributed by atoms with Gasteiger partial charge in [-0.15, -0.1) is 0 Å². The van der Waals surface area contributed by atoms with Crippen LogP contribution < -0.4 is 14.2 Å². The van der Waals surface area contributed by atoms with Gasteiger partial charge in [0.25, 0.3) is 0 Å². The molecule has 4 aromatic carbocycles. The van der Waals surface area contributed by atoms with Gasteiger partial charge in [0.2, 0.25) is 0 Å². The van der Waals surface area contributed by atoms with Crippen molar-refractivity contribution in [2.75, 3.05) is 20.8 Å². The highest BCUT2D eigenvalue weighted by Crippen LogP contribution is 2.41. The molecule has 0 radical (unpaired) electrons. The predicted octanol–water partition coefficient (Wildman–Crippen LogP) is 7.20. The molecule has 0 atom stereocenters. The van der Waals surface area contributed by atoms with E-state index < -0.39 is 0 Å². The monoisotopic (exact) mass is 470 g/mol. The van der Waals surface area contributed by atoms with Crippen molar-refractivity contribution in [1.29, 1.82) is 0 Å². The third kappa shape index (κ3) is 5.93. The molecule has 4 rings (SSSR count). The van der Waals surface area contributed by atoms with Crippen LogP contribution in [0.5, 0.6) is 23.0 Å². The number of ether oxygens (including phenoxy) is 4. The lowest BCUT2D eigenvalue weighted by molar-refractivity contribution is -0.143. The fourth-order valence-corrected chi connectivity index (χ4v) is 4.03. The molecule has 180 valence electrons. The zero-order valence-electron chi connectivity index (χ0n) is 20.4. The van der Waals surface area contributed by atoms with E-state index in [2.05, 4.69) is 12.1 Å². The first-order chi connectivity index (χ1) is 17.1. The van der Waals surface area contributed by atoms with Crippen molar-refractivity contribution in [1.82, 2.24) is 0 Å². The Hall–Kier alpha value is -3.99. The highest BCUT2D eigenvalue weighted by atomic mass is 16.5. The van der Waals surface area contributed by atoms with E-state index >= 15 is 0 Å². The highest BCUT2D eigenvalue weighted by Gasteiger charge is 2.14. The zero-order valence-corrected chi connectivity index (χ0v) is 20.4. The molecule has 35 heavy (non-hydrogen) atoms. The van der Waals surface area contributed by atoms with Gasteiger partial charge in [0, 0.05) is 17.4 Å². The molecule has 0 aliphatic heterocycles. The Kier molecular flexibility index (Phi) is 7.88. The summed E-state index contributed by atoms with van der Waals surface area (Å²) < 4.78 is 22.2. The molecule has 0 aromatic heterocycles. The normalized spacial score (nSPS) is 10.7. The first kappa shape index (κ1) is 24.1. The molecule has 0 saturated heterocycles. The predicted molar refractivity (Wildman–Crippen MR) is 139 cm³/mol. The van der Waals surface area contributed by atoms with Gasteiger partial charge in [-0.2, -0.15) is 0 Å². The largest absolute Gasteiger partial charge is 0.497 e. The van der Waals surface area contributed by atoms with Gasteiger partial charge in [0.05, 0.1) is 20.8 Å². The smallest absolute Gasteiger partial charge is 0.305 e. The van der Waals surface area contributed by atoms with Crippen LogP contribution in [-0.4, -0.2) is 26.8 Å². The first-order valence-corrected chi connectivity index (χ1v) is 11.8. The van der Waals surface area contributed by atoms with Gasteiger partial charge < -0.3 is 18.9 Å². The molecule has 0 aliphatic rings. The summed E-state index contributed by atoms with van der Waals surface area (Å²) >= 11 is 0. The van der Waals surface area contributed by atoms with E-state index in [1.807, 2.05) is 73.7 Å². The number of fused-ring (bicyclic) bond motifs is 1. The Bertz CT molecular complexity index is 1280. The Morgan fingerprint density at radius 2 is 1.46 bits per heavy atom. The van der Waals surface area contributed by atoms with Gasteiger partial charge in [-0.3, -0.25) is 4.79 Å². The summed E-state index contributed by atoms with van der Waals surface area (Å²) in [5, 5.41) is 2.03. The minimum absolute atomic E-state index is 0.147. The summed E-state index contributed by atoms with van der Waals surface area (Å²) in [4.78, 5) is 11.6. The summed E-state index contributed by atoms with van der Waals surface area (Å²) in [5.74, 6) is 2.99. The molecule has 4 aromatic rings. The molecule has 0 aliphatic carbocycles. The molecule has 0 bridgehead atoms. The Morgan fingerprint density at radius 1 is 0.771 bits per heavy atom. The first-order valence-electron chi connectivity index (χ1n) is 11.8. The lowest BCUT2D eigenvalue weighted by atomic mass is 9.99. The average Bonchev–Trinajstić information content (AvgIpc) is 2.89. The molecule has 0 unspecified atom stereocenters. The summed E-state index contributed by atoms with van der Waals surface area (Å²) in [6.45, 7) is 2.24. The van der Waals surface area contributed by atoms with Crippen LogP contribution in [0.3, 0.4) is 0 Å². The molecule has 0 spiro atoms. The van der Waals surface area contributed by atoms with Crippen LogP contribution in [0.15, 0.2) is 78.9 Å². The molecule has 0 amide bonds. The summed E-state index contributed by atoms with van der Waals surface area (Å²) in [6.07, 6.45) is 1.99. The van der Waals surface area contributed by atoms with E-state index in [-0.39, 0.29) is 5.97 Å². The van der Waals surface area contributed by atoms with Crippen molar-refractivity contribution in [3.05, 3.63) is 84.4 Å². The lowest BCUT2D eigenvalue weighted by Crippen LogP contribution is -2.03. The lowest BCUT2D eigenvalue weighted by Gasteiger charge is -2.16.